The molecule has 0 aliphatic carbocycles. The summed E-state index contributed by atoms with van der Waals surface area (Å²) in [6, 6.07) is 16.6. The van der Waals surface area contributed by atoms with Crippen molar-refractivity contribution in [1.29, 1.82) is 0 Å². The molecule has 0 aliphatic rings. The van der Waals surface area contributed by atoms with E-state index in [2.05, 4.69) is 15.6 Å². The molecular weight excluding hydrogens is 421 g/mol. The van der Waals surface area contributed by atoms with Crippen LogP contribution in [0.15, 0.2) is 71.4 Å². The Kier molecular flexibility index (Phi) is 5.97. The lowest BCUT2D eigenvalue weighted by Crippen LogP contribution is -2.21. The average molecular weight is 438 g/mol. The molecule has 0 radical (unpaired) electrons. The SMILES string of the molecule is O=C(Nc1nc(-c2ccc(F)cc2)cs1)c1ccc(CNC(=O)c2cccs2)cc1. The number of benzene rings is 2. The van der Waals surface area contributed by atoms with Crippen molar-refractivity contribution in [2.45, 2.75) is 6.54 Å². The number of halogens is 1. The van der Waals surface area contributed by atoms with Crippen LogP contribution in [0.3, 0.4) is 0 Å². The van der Waals surface area contributed by atoms with Crippen molar-refractivity contribution in [3.63, 3.8) is 0 Å². The second kappa shape index (κ2) is 8.98. The van der Waals surface area contributed by atoms with Gasteiger partial charge in [-0.05, 0) is 53.4 Å². The van der Waals surface area contributed by atoms with E-state index in [1.54, 1.807) is 42.5 Å². The maximum Gasteiger partial charge on any atom is 0.261 e. The lowest BCUT2D eigenvalue weighted by Gasteiger charge is -2.06. The normalized spacial score (nSPS) is 10.6. The van der Waals surface area contributed by atoms with Crippen molar-refractivity contribution in [1.82, 2.24) is 10.3 Å². The lowest BCUT2D eigenvalue weighted by molar-refractivity contribution is 0.0953. The fraction of sp³-hybridized carbons (Fsp3) is 0.0455. The molecule has 0 fully saturated rings. The molecule has 150 valence electrons. The van der Waals surface area contributed by atoms with Crippen LogP contribution in [0.4, 0.5) is 9.52 Å². The van der Waals surface area contributed by atoms with Crippen LogP contribution in [0.25, 0.3) is 11.3 Å². The van der Waals surface area contributed by atoms with Gasteiger partial charge in [0.05, 0.1) is 10.6 Å². The largest absolute Gasteiger partial charge is 0.347 e. The third-order valence-electron chi connectivity index (χ3n) is 4.28. The Hall–Kier alpha value is -3.36. The predicted octanol–water partition coefficient (Wildman–Crippen LogP) is 5.19. The summed E-state index contributed by atoms with van der Waals surface area (Å²) in [5, 5.41) is 9.75. The van der Waals surface area contributed by atoms with Gasteiger partial charge in [-0.25, -0.2) is 9.37 Å². The lowest BCUT2D eigenvalue weighted by atomic mass is 10.1. The molecule has 4 rings (SSSR count). The number of amides is 2. The Balaban J connectivity index is 1.35. The van der Waals surface area contributed by atoms with E-state index in [1.807, 2.05) is 16.8 Å². The summed E-state index contributed by atoms with van der Waals surface area (Å²) in [7, 11) is 0. The average Bonchev–Trinajstić information content (AvgIpc) is 3.45. The van der Waals surface area contributed by atoms with E-state index in [-0.39, 0.29) is 17.6 Å². The number of thiophene rings is 1. The van der Waals surface area contributed by atoms with Gasteiger partial charge in [0.15, 0.2) is 5.13 Å². The van der Waals surface area contributed by atoms with E-state index in [0.29, 0.717) is 27.8 Å². The maximum atomic E-state index is 13.1. The third kappa shape index (κ3) is 4.79. The van der Waals surface area contributed by atoms with Crippen molar-refractivity contribution in [3.8, 4) is 11.3 Å². The van der Waals surface area contributed by atoms with Crippen LogP contribution in [-0.2, 0) is 6.54 Å². The third-order valence-corrected chi connectivity index (χ3v) is 5.91. The predicted molar refractivity (Wildman–Crippen MR) is 117 cm³/mol. The molecule has 0 saturated carbocycles. The van der Waals surface area contributed by atoms with Gasteiger partial charge in [0.2, 0.25) is 0 Å². The second-order valence-electron chi connectivity index (χ2n) is 6.36. The zero-order valence-corrected chi connectivity index (χ0v) is 17.2. The summed E-state index contributed by atoms with van der Waals surface area (Å²) in [5.41, 5.74) is 2.83. The highest BCUT2D eigenvalue weighted by Gasteiger charge is 2.11. The molecule has 2 aromatic heterocycles. The quantitative estimate of drug-likeness (QED) is 0.436. The summed E-state index contributed by atoms with van der Waals surface area (Å²) in [6.07, 6.45) is 0. The van der Waals surface area contributed by atoms with Crippen molar-refractivity contribution in [3.05, 3.63) is 93.2 Å². The molecule has 2 amide bonds. The van der Waals surface area contributed by atoms with Gasteiger partial charge in [-0.15, -0.1) is 22.7 Å². The maximum absolute atomic E-state index is 13.1. The standard InChI is InChI=1S/C22H16FN3O2S2/c23-17-9-7-15(8-10-17)18-13-30-22(25-18)26-20(27)16-5-3-14(4-6-16)12-24-21(28)19-2-1-11-29-19/h1-11,13H,12H2,(H,24,28)(H,25,26,27). The fourth-order valence-corrected chi connectivity index (χ4v) is 4.06. The zero-order valence-electron chi connectivity index (χ0n) is 15.6. The first kappa shape index (κ1) is 19.9. The summed E-state index contributed by atoms with van der Waals surface area (Å²) in [4.78, 5) is 29.5. The van der Waals surface area contributed by atoms with Gasteiger partial charge in [-0.1, -0.05) is 18.2 Å². The first-order valence-corrected chi connectivity index (χ1v) is 10.8. The number of aromatic nitrogens is 1. The van der Waals surface area contributed by atoms with E-state index in [1.165, 1.54) is 34.8 Å². The van der Waals surface area contributed by atoms with Gasteiger partial charge >= 0.3 is 0 Å². The van der Waals surface area contributed by atoms with Crippen LogP contribution >= 0.6 is 22.7 Å². The van der Waals surface area contributed by atoms with Gasteiger partial charge in [-0.3, -0.25) is 14.9 Å². The van der Waals surface area contributed by atoms with Gasteiger partial charge < -0.3 is 5.32 Å². The monoisotopic (exact) mass is 437 g/mol. The van der Waals surface area contributed by atoms with Gasteiger partial charge in [0, 0.05) is 23.1 Å². The summed E-state index contributed by atoms with van der Waals surface area (Å²) in [6.45, 7) is 0.381. The number of rotatable bonds is 6. The molecule has 0 unspecified atom stereocenters. The highest BCUT2D eigenvalue weighted by atomic mass is 32.1. The Labute approximate surface area is 180 Å². The molecule has 0 bridgehead atoms. The number of carbonyl (C=O) groups is 2. The van der Waals surface area contributed by atoms with Crippen molar-refractivity contribution < 1.29 is 14.0 Å². The minimum Gasteiger partial charge on any atom is -0.347 e. The Bertz CT molecular complexity index is 1150. The van der Waals surface area contributed by atoms with Crippen LogP contribution < -0.4 is 10.6 Å². The van der Waals surface area contributed by atoms with Crippen LogP contribution in [0.5, 0.6) is 0 Å². The topological polar surface area (TPSA) is 71.1 Å². The van der Waals surface area contributed by atoms with E-state index in [9.17, 15) is 14.0 Å². The number of nitrogens with one attached hydrogen (secondary N) is 2. The van der Waals surface area contributed by atoms with Crippen molar-refractivity contribution in [2.75, 3.05) is 5.32 Å². The summed E-state index contributed by atoms with van der Waals surface area (Å²) in [5.74, 6) is -0.700. The van der Waals surface area contributed by atoms with Gasteiger partial charge in [0.25, 0.3) is 11.8 Å². The summed E-state index contributed by atoms with van der Waals surface area (Å²) >= 11 is 2.69. The molecule has 0 aliphatic heterocycles. The van der Waals surface area contributed by atoms with Gasteiger partial charge in [-0.2, -0.15) is 0 Å². The van der Waals surface area contributed by atoms with Crippen LogP contribution in [-0.4, -0.2) is 16.8 Å². The molecule has 0 saturated heterocycles. The molecule has 30 heavy (non-hydrogen) atoms. The summed E-state index contributed by atoms with van der Waals surface area (Å²) < 4.78 is 13.1. The van der Waals surface area contributed by atoms with E-state index < -0.39 is 0 Å². The molecule has 2 aromatic carbocycles. The smallest absolute Gasteiger partial charge is 0.261 e. The number of nitrogens with zero attached hydrogens (tertiary/aromatic N) is 1. The van der Waals surface area contributed by atoms with E-state index in [0.717, 1.165) is 11.1 Å². The number of hydrogen-bond donors (Lipinski definition) is 2. The molecule has 2 heterocycles. The second-order valence-corrected chi connectivity index (χ2v) is 8.16. The molecule has 0 atom stereocenters. The molecular formula is C22H16FN3O2S2. The van der Waals surface area contributed by atoms with Crippen molar-refractivity contribution in [2.24, 2.45) is 0 Å². The van der Waals surface area contributed by atoms with Gasteiger partial charge in [0.1, 0.15) is 5.82 Å². The van der Waals surface area contributed by atoms with Crippen LogP contribution in [0.2, 0.25) is 0 Å². The Morgan fingerprint density at radius 2 is 1.70 bits per heavy atom. The molecule has 8 heteroatoms. The molecule has 5 nitrogen and oxygen atoms in total. The molecule has 0 spiro atoms. The van der Waals surface area contributed by atoms with E-state index in [4.69, 9.17) is 0 Å². The number of thiazole rings is 1. The molecule has 4 aromatic rings. The zero-order chi connectivity index (χ0) is 20.9. The fourth-order valence-electron chi connectivity index (χ4n) is 2.70. The highest BCUT2D eigenvalue weighted by molar-refractivity contribution is 7.14. The van der Waals surface area contributed by atoms with Crippen LogP contribution in [0, 0.1) is 5.82 Å². The minimum absolute atomic E-state index is 0.118. The number of carbonyl (C=O) groups excluding carboxylic acids is 2. The highest BCUT2D eigenvalue weighted by Crippen LogP contribution is 2.25. The number of anilines is 1. The first-order chi connectivity index (χ1) is 14.6. The van der Waals surface area contributed by atoms with E-state index >= 15 is 0 Å². The van der Waals surface area contributed by atoms with Crippen molar-refractivity contribution >= 4 is 39.6 Å². The minimum atomic E-state index is -0.308. The number of hydrogen-bond acceptors (Lipinski definition) is 5. The molecule has 2 N–H and O–H groups in total. The Morgan fingerprint density at radius 1 is 0.933 bits per heavy atom. The van der Waals surface area contributed by atoms with Crippen LogP contribution in [0.1, 0.15) is 25.6 Å². The first-order valence-electron chi connectivity index (χ1n) is 9.02. The Morgan fingerprint density at radius 3 is 2.40 bits per heavy atom.